The molecule has 0 aliphatic heterocycles. The maximum Gasteiger partial charge on any atom is 0.293 e. The van der Waals surface area contributed by atoms with E-state index in [0.29, 0.717) is 0 Å². The number of nitro benzene ring substituents is 1. The fourth-order valence-electron chi connectivity index (χ4n) is 2.12. The van der Waals surface area contributed by atoms with Crippen molar-refractivity contribution in [1.82, 2.24) is 0 Å². The van der Waals surface area contributed by atoms with Crippen molar-refractivity contribution >= 4 is 56.8 Å². The highest BCUT2D eigenvalue weighted by Gasteiger charge is 2.18. The summed E-state index contributed by atoms with van der Waals surface area (Å²) in [7, 11) is -3.52. The van der Waals surface area contributed by atoms with Crippen molar-refractivity contribution in [1.29, 1.82) is 0 Å². The molecule has 0 saturated carbocycles. The zero-order valence-electron chi connectivity index (χ0n) is 14.5. The van der Waals surface area contributed by atoms with Gasteiger partial charge in [-0.05, 0) is 24.3 Å². The number of rotatable bonds is 7. The van der Waals surface area contributed by atoms with E-state index in [1.54, 1.807) is 0 Å². The van der Waals surface area contributed by atoms with Crippen LogP contribution in [0.1, 0.15) is 0 Å². The average molecular weight is 505 g/mol. The number of nitro groups is 1. The molecule has 9 nitrogen and oxygen atoms in total. The van der Waals surface area contributed by atoms with Crippen molar-refractivity contribution in [2.75, 3.05) is 30.0 Å². The Kier molecular flexibility index (Phi) is 8.43. The van der Waals surface area contributed by atoms with Crippen LogP contribution in [0.4, 0.5) is 17.1 Å². The van der Waals surface area contributed by atoms with Gasteiger partial charge in [0.05, 0.1) is 16.4 Å². The van der Waals surface area contributed by atoms with E-state index in [-0.39, 0.29) is 59.3 Å². The van der Waals surface area contributed by atoms with Gasteiger partial charge in [-0.2, -0.15) is 0 Å². The fraction of sp³-hybridized carbons (Fsp3) is 0.188. The number of anilines is 2. The van der Waals surface area contributed by atoms with Crippen molar-refractivity contribution in [3.05, 3.63) is 58.6 Å². The molecule has 2 aromatic carbocycles. The van der Waals surface area contributed by atoms with Gasteiger partial charge >= 0.3 is 0 Å². The Morgan fingerprint density at radius 3 is 2.48 bits per heavy atom. The molecule has 0 bridgehead atoms. The molecule has 0 aromatic heterocycles. The van der Waals surface area contributed by atoms with Crippen LogP contribution in [0.25, 0.3) is 0 Å². The smallest absolute Gasteiger partial charge is 0.293 e. The van der Waals surface area contributed by atoms with Gasteiger partial charge in [-0.15, -0.1) is 24.0 Å². The van der Waals surface area contributed by atoms with Gasteiger partial charge in [0, 0.05) is 24.6 Å². The summed E-state index contributed by atoms with van der Waals surface area (Å²) in [5.74, 6) is 0.222. The van der Waals surface area contributed by atoms with Gasteiger partial charge < -0.3 is 16.4 Å². The van der Waals surface area contributed by atoms with Crippen molar-refractivity contribution in [2.45, 2.75) is 4.90 Å². The number of benzene rings is 2. The number of hydrogen-bond acceptors (Lipinski definition) is 6. The summed E-state index contributed by atoms with van der Waals surface area (Å²) in [4.78, 5) is 14.5. The number of nitrogens with two attached hydrogens (primary N) is 1. The molecule has 0 aliphatic carbocycles. The van der Waals surface area contributed by atoms with E-state index in [0.717, 1.165) is 18.0 Å². The lowest BCUT2D eigenvalue weighted by atomic mass is 10.2. The quantitative estimate of drug-likeness (QED) is 0.131. The van der Waals surface area contributed by atoms with Crippen molar-refractivity contribution in [3.8, 4) is 0 Å². The van der Waals surface area contributed by atoms with Crippen LogP contribution in [0.2, 0.25) is 0 Å². The number of nitrogens with one attached hydrogen (secondary N) is 2. The van der Waals surface area contributed by atoms with Gasteiger partial charge in [0.1, 0.15) is 5.69 Å². The van der Waals surface area contributed by atoms with Crippen LogP contribution >= 0.6 is 24.0 Å². The first-order chi connectivity index (χ1) is 12.3. The molecule has 0 fully saturated rings. The van der Waals surface area contributed by atoms with E-state index >= 15 is 0 Å². The Balaban J connectivity index is 0.00000364. The highest BCUT2D eigenvalue weighted by Crippen LogP contribution is 2.27. The Labute approximate surface area is 174 Å². The molecule has 0 aliphatic rings. The summed E-state index contributed by atoms with van der Waals surface area (Å²) in [6.07, 6.45) is 0.996. The monoisotopic (exact) mass is 505 g/mol. The molecule has 4 N–H and O–H groups in total. The zero-order valence-corrected chi connectivity index (χ0v) is 17.6. The van der Waals surface area contributed by atoms with Crippen LogP contribution in [-0.4, -0.2) is 38.6 Å². The Morgan fingerprint density at radius 1 is 1.22 bits per heavy atom. The van der Waals surface area contributed by atoms with E-state index in [4.69, 9.17) is 5.73 Å². The summed E-state index contributed by atoms with van der Waals surface area (Å²) in [5.41, 5.74) is 6.47. The molecule has 2 aromatic rings. The van der Waals surface area contributed by atoms with Crippen molar-refractivity contribution in [2.24, 2.45) is 10.7 Å². The summed E-state index contributed by atoms with van der Waals surface area (Å²) >= 11 is 0. The predicted molar refractivity (Wildman–Crippen MR) is 117 cm³/mol. The number of aliphatic imine (C=N–C) groups is 1. The maximum atomic E-state index is 11.5. The molecule has 11 heteroatoms. The van der Waals surface area contributed by atoms with E-state index in [9.17, 15) is 18.5 Å². The molecule has 0 atom stereocenters. The van der Waals surface area contributed by atoms with Crippen LogP contribution in [-0.2, 0) is 9.84 Å². The number of sulfone groups is 1. The summed E-state index contributed by atoms with van der Waals surface area (Å²) < 4.78 is 23.0. The van der Waals surface area contributed by atoms with Gasteiger partial charge in [0.25, 0.3) is 5.69 Å². The second kappa shape index (κ2) is 10.1. The first-order valence-electron chi connectivity index (χ1n) is 7.62. The van der Waals surface area contributed by atoms with Crippen LogP contribution in [0.5, 0.6) is 0 Å². The number of nitrogens with zero attached hydrogens (tertiary/aromatic N) is 2. The normalized spacial score (nSPS) is 11.4. The number of halogens is 1. The standard InChI is InChI=1S/C16H19N5O4S.HI/c1-26(24,25)13-7-8-14(15(11-13)21(22)23)18-9-10-19-16(17)20-12-5-3-2-4-6-12;/h2-8,11,18H,9-10H2,1H3,(H3,17,19,20);1H. The van der Waals surface area contributed by atoms with Gasteiger partial charge in [-0.25, -0.2) is 8.42 Å². The Morgan fingerprint density at radius 2 is 1.89 bits per heavy atom. The summed E-state index contributed by atoms with van der Waals surface area (Å²) in [5, 5.41) is 16.9. The predicted octanol–water partition coefficient (Wildman–Crippen LogP) is 2.46. The van der Waals surface area contributed by atoms with E-state index in [1.807, 2.05) is 30.3 Å². The minimum atomic E-state index is -3.52. The van der Waals surface area contributed by atoms with Crippen molar-refractivity contribution < 1.29 is 13.3 Å². The molecule has 0 spiro atoms. The molecule has 0 saturated heterocycles. The highest BCUT2D eigenvalue weighted by atomic mass is 127. The largest absolute Gasteiger partial charge is 0.378 e. The first-order valence-corrected chi connectivity index (χ1v) is 9.51. The highest BCUT2D eigenvalue weighted by molar-refractivity contribution is 14.0. The second-order valence-corrected chi connectivity index (χ2v) is 7.41. The molecule has 27 heavy (non-hydrogen) atoms. The SMILES string of the molecule is CS(=O)(=O)c1ccc(NCCN=C(N)Nc2ccccc2)c([N+](=O)[O-])c1.I. The third-order valence-corrected chi connectivity index (χ3v) is 4.46. The molecule has 146 valence electrons. The molecule has 0 unspecified atom stereocenters. The van der Waals surface area contributed by atoms with Crippen LogP contribution in [0.3, 0.4) is 0 Å². The number of para-hydroxylation sites is 1. The van der Waals surface area contributed by atoms with Gasteiger partial charge in [-0.1, -0.05) is 18.2 Å². The topological polar surface area (TPSA) is 140 Å². The van der Waals surface area contributed by atoms with E-state index < -0.39 is 14.8 Å². The zero-order chi connectivity index (χ0) is 19.2. The van der Waals surface area contributed by atoms with Gasteiger partial charge in [0.15, 0.2) is 15.8 Å². The first kappa shape index (κ1) is 22.6. The van der Waals surface area contributed by atoms with Crippen LogP contribution in [0, 0.1) is 10.1 Å². The maximum absolute atomic E-state index is 11.5. The van der Waals surface area contributed by atoms with Gasteiger partial charge in [-0.3, -0.25) is 15.1 Å². The van der Waals surface area contributed by atoms with Gasteiger partial charge in [0.2, 0.25) is 0 Å². The Bertz CT molecular complexity index is 920. The summed E-state index contributed by atoms with van der Waals surface area (Å²) in [6.45, 7) is 0.562. The third kappa shape index (κ3) is 7.02. The lowest BCUT2D eigenvalue weighted by Gasteiger charge is -2.08. The third-order valence-electron chi connectivity index (χ3n) is 3.35. The average Bonchev–Trinajstić information content (AvgIpc) is 2.58. The molecular formula is C16H20IN5O4S. The fourth-order valence-corrected chi connectivity index (χ4v) is 2.76. The molecule has 2 rings (SSSR count). The lowest BCUT2D eigenvalue weighted by Crippen LogP contribution is -2.23. The van der Waals surface area contributed by atoms with Crippen LogP contribution < -0.4 is 16.4 Å². The number of hydrogen-bond donors (Lipinski definition) is 3. The summed E-state index contributed by atoms with van der Waals surface area (Å²) in [6, 6.07) is 13.0. The molecule has 0 radical (unpaired) electrons. The van der Waals surface area contributed by atoms with E-state index in [2.05, 4.69) is 15.6 Å². The van der Waals surface area contributed by atoms with Crippen molar-refractivity contribution in [3.63, 3.8) is 0 Å². The Hall–Kier alpha value is -2.41. The van der Waals surface area contributed by atoms with E-state index in [1.165, 1.54) is 12.1 Å². The number of guanidine groups is 1. The molecule has 0 heterocycles. The minimum absolute atomic E-state index is 0. The molecular weight excluding hydrogens is 485 g/mol. The lowest BCUT2D eigenvalue weighted by molar-refractivity contribution is -0.384. The second-order valence-electron chi connectivity index (χ2n) is 5.39. The van der Waals surface area contributed by atoms with Crippen LogP contribution in [0.15, 0.2) is 58.4 Å². The minimum Gasteiger partial charge on any atom is -0.378 e. The molecule has 0 amide bonds.